The Kier molecular flexibility index (Phi) is 9.28. The second kappa shape index (κ2) is 10.0. The van der Waals surface area contributed by atoms with Gasteiger partial charge in [-0.05, 0) is 25.7 Å². The maximum Gasteiger partial charge on any atom is 0.302 e. The van der Waals surface area contributed by atoms with Crippen molar-refractivity contribution in [3.63, 3.8) is 0 Å². The fraction of sp³-hybridized carbons (Fsp3) is 0.583. The van der Waals surface area contributed by atoms with Gasteiger partial charge in [0.05, 0.1) is 6.61 Å². The molecule has 14 heavy (non-hydrogen) atoms. The highest BCUT2D eigenvalue weighted by molar-refractivity contribution is 5.65. The van der Waals surface area contributed by atoms with Gasteiger partial charge in [0.15, 0.2) is 0 Å². The molecule has 0 unspecified atom stereocenters. The minimum Gasteiger partial charge on any atom is -0.466 e. The molecule has 0 aromatic rings. The van der Waals surface area contributed by atoms with E-state index in [1.165, 1.54) is 6.92 Å². The van der Waals surface area contributed by atoms with Crippen molar-refractivity contribution < 1.29 is 9.53 Å². The molecule has 0 rings (SSSR count). The fourth-order valence-electron chi connectivity index (χ4n) is 0.973. The zero-order valence-electron chi connectivity index (χ0n) is 9.16. The molecule has 0 aliphatic rings. The Labute approximate surface area is 86.6 Å². The van der Waals surface area contributed by atoms with Gasteiger partial charge in [0, 0.05) is 6.92 Å². The average molecular weight is 196 g/mol. The van der Waals surface area contributed by atoms with Gasteiger partial charge in [-0.25, -0.2) is 0 Å². The minimum absolute atomic E-state index is 0.195. The lowest BCUT2D eigenvalue weighted by Crippen LogP contribution is -1.99. The van der Waals surface area contributed by atoms with Crippen molar-refractivity contribution in [2.75, 3.05) is 6.61 Å². The van der Waals surface area contributed by atoms with Gasteiger partial charge in [-0.1, -0.05) is 31.2 Å². The number of ether oxygens (including phenoxy) is 1. The zero-order valence-corrected chi connectivity index (χ0v) is 9.16. The van der Waals surface area contributed by atoms with Gasteiger partial charge in [0.1, 0.15) is 0 Å². The molecule has 2 heteroatoms. The monoisotopic (exact) mass is 196 g/mol. The van der Waals surface area contributed by atoms with E-state index in [9.17, 15) is 4.79 Å². The highest BCUT2D eigenvalue weighted by Crippen LogP contribution is 1.95. The van der Waals surface area contributed by atoms with Crippen molar-refractivity contribution in [2.45, 2.75) is 39.5 Å². The van der Waals surface area contributed by atoms with Crippen LogP contribution in [0.3, 0.4) is 0 Å². The van der Waals surface area contributed by atoms with E-state index >= 15 is 0 Å². The predicted molar refractivity (Wildman–Crippen MR) is 59.1 cm³/mol. The van der Waals surface area contributed by atoms with Crippen LogP contribution in [0.25, 0.3) is 0 Å². The second-order valence-corrected chi connectivity index (χ2v) is 3.07. The zero-order chi connectivity index (χ0) is 10.6. The molecule has 2 nitrogen and oxygen atoms in total. The van der Waals surface area contributed by atoms with Gasteiger partial charge in [0.2, 0.25) is 0 Å². The summed E-state index contributed by atoms with van der Waals surface area (Å²) in [6.07, 6.45) is 12.6. The Bertz CT molecular complexity index is 192. The molecule has 0 N–H and O–H groups in total. The van der Waals surface area contributed by atoms with Gasteiger partial charge < -0.3 is 4.74 Å². The first-order valence-corrected chi connectivity index (χ1v) is 5.20. The Hall–Kier alpha value is -1.05. The SMILES string of the molecule is CC/C=C/C/C=C/CCCOC(C)=O. The summed E-state index contributed by atoms with van der Waals surface area (Å²) in [5.41, 5.74) is 0. The molecule has 0 saturated carbocycles. The number of hydrogen-bond acceptors (Lipinski definition) is 2. The summed E-state index contributed by atoms with van der Waals surface area (Å²) in [5, 5.41) is 0. The Balaban J connectivity index is 3.18. The summed E-state index contributed by atoms with van der Waals surface area (Å²) >= 11 is 0. The van der Waals surface area contributed by atoms with E-state index in [4.69, 9.17) is 4.74 Å². The largest absolute Gasteiger partial charge is 0.466 e. The number of unbranched alkanes of at least 4 members (excludes halogenated alkanes) is 1. The standard InChI is InChI=1S/C12H20O2/c1-3-4-5-6-7-8-9-10-11-14-12(2)13/h4-5,7-8H,3,6,9-11H2,1-2H3/b5-4+,8-7+. The molecule has 80 valence electrons. The van der Waals surface area contributed by atoms with E-state index in [1.54, 1.807) is 0 Å². The third kappa shape index (κ3) is 11.0. The summed E-state index contributed by atoms with van der Waals surface area (Å²) in [5.74, 6) is -0.195. The summed E-state index contributed by atoms with van der Waals surface area (Å²) in [7, 11) is 0. The molecule has 0 amide bonds. The Morgan fingerprint density at radius 1 is 1.21 bits per heavy atom. The molecule has 0 aromatic heterocycles. The smallest absolute Gasteiger partial charge is 0.302 e. The Morgan fingerprint density at radius 2 is 1.93 bits per heavy atom. The van der Waals surface area contributed by atoms with Crippen LogP contribution >= 0.6 is 0 Å². The van der Waals surface area contributed by atoms with Crippen molar-refractivity contribution in [3.8, 4) is 0 Å². The van der Waals surface area contributed by atoms with E-state index in [1.807, 2.05) is 0 Å². The number of rotatable bonds is 7. The third-order valence-electron chi connectivity index (χ3n) is 1.66. The van der Waals surface area contributed by atoms with Crippen LogP contribution in [0.1, 0.15) is 39.5 Å². The molecule has 0 fully saturated rings. The van der Waals surface area contributed by atoms with E-state index in [-0.39, 0.29) is 5.97 Å². The molecule has 0 atom stereocenters. The Morgan fingerprint density at radius 3 is 2.57 bits per heavy atom. The first kappa shape index (κ1) is 12.9. The molecule has 0 aromatic carbocycles. The van der Waals surface area contributed by atoms with Crippen molar-refractivity contribution in [3.05, 3.63) is 24.3 Å². The van der Waals surface area contributed by atoms with Crippen LogP contribution in [0.4, 0.5) is 0 Å². The highest BCUT2D eigenvalue weighted by atomic mass is 16.5. The van der Waals surface area contributed by atoms with Crippen LogP contribution in [0.2, 0.25) is 0 Å². The van der Waals surface area contributed by atoms with Gasteiger partial charge in [-0.15, -0.1) is 0 Å². The molecule has 0 spiro atoms. The van der Waals surface area contributed by atoms with Gasteiger partial charge in [-0.3, -0.25) is 4.79 Å². The van der Waals surface area contributed by atoms with Crippen molar-refractivity contribution >= 4 is 5.97 Å². The topological polar surface area (TPSA) is 26.3 Å². The number of allylic oxidation sites excluding steroid dienone is 4. The fourth-order valence-corrected chi connectivity index (χ4v) is 0.973. The van der Waals surface area contributed by atoms with Crippen molar-refractivity contribution in [1.29, 1.82) is 0 Å². The van der Waals surface area contributed by atoms with Gasteiger partial charge >= 0.3 is 5.97 Å². The molecule has 0 radical (unpaired) electrons. The molecular formula is C12H20O2. The summed E-state index contributed by atoms with van der Waals surface area (Å²) in [6.45, 7) is 4.09. The molecule has 0 heterocycles. The van der Waals surface area contributed by atoms with Crippen LogP contribution in [0.5, 0.6) is 0 Å². The van der Waals surface area contributed by atoms with Gasteiger partial charge in [0.25, 0.3) is 0 Å². The lowest BCUT2D eigenvalue weighted by molar-refractivity contribution is -0.141. The lowest BCUT2D eigenvalue weighted by atomic mass is 10.2. The van der Waals surface area contributed by atoms with Crippen LogP contribution in [-0.4, -0.2) is 12.6 Å². The second-order valence-electron chi connectivity index (χ2n) is 3.07. The molecule has 0 bridgehead atoms. The number of esters is 1. The predicted octanol–water partition coefficient (Wildman–Crippen LogP) is 3.24. The van der Waals surface area contributed by atoms with E-state index < -0.39 is 0 Å². The quantitative estimate of drug-likeness (QED) is 0.355. The van der Waals surface area contributed by atoms with Crippen LogP contribution in [0.15, 0.2) is 24.3 Å². The third-order valence-corrected chi connectivity index (χ3v) is 1.66. The lowest BCUT2D eigenvalue weighted by Gasteiger charge is -1.97. The van der Waals surface area contributed by atoms with Crippen LogP contribution in [-0.2, 0) is 9.53 Å². The number of hydrogen-bond donors (Lipinski definition) is 0. The number of carbonyl (C=O) groups is 1. The first-order chi connectivity index (χ1) is 6.77. The van der Waals surface area contributed by atoms with Crippen LogP contribution < -0.4 is 0 Å². The molecular weight excluding hydrogens is 176 g/mol. The van der Waals surface area contributed by atoms with Crippen molar-refractivity contribution in [2.24, 2.45) is 0 Å². The normalized spacial score (nSPS) is 11.3. The summed E-state index contributed by atoms with van der Waals surface area (Å²) in [4.78, 5) is 10.4. The highest BCUT2D eigenvalue weighted by Gasteiger charge is 1.89. The molecule has 0 aliphatic carbocycles. The summed E-state index contributed by atoms with van der Waals surface area (Å²) < 4.78 is 4.80. The summed E-state index contributed by atoms with van der Waals surface area (Å²) in [6, 6.07) is 0. The van der Waals surface area contributed by atoms with Crippen LogP contribution in [0, 0.1) is 0 Å². The maximum absolute atomic E-state index is 10.4. The molecule has 0 saturated heterocycles. The minimum atomic E-state index is -0.195. The van der Waals surface area contributed by atoms with E-state index in [0.717, 1.165) is 25.7 Å². The first-order valence-electron chi connectivity index (χ1n) is 5.20. The maximum atomic E-state index is 10.4. The van der Waals surface area contributed by atoms with E-state index in [2.05, 4.69) is 31.2 Å². The van der Waals surface area contributed by atoms with Crippen molar-refractivity contribution in [1.82, 2.24) is 0 Å². The van der Waals surface area contributed by atoms with Gasteiger partial charge in [-0.2, -0.15) is 0 Å². The number of carbonyl (C=O) groups excluding carboxylic acids is 1. The van der Waals surface area contributed by atoms with E-state index in [0.29, 0.717) is 6.61 Å². The molecule has 0 aliphatic heterocycles. The average Bonchev–Trinajstić information content (AvgIpc) is 2.15.